The molecular formula is C24H28B2N2O3. The molecule has 1 aliphatic carbocycles. The van der Waals surface area contributed by atoms with Crippen LogP contribution in [0.4, 0.5) is 0 Å². The minimum atomic E-state index is 0.509. The van der Waals surface area contributed by atoms with E-state index in [1.54, 1.807) is 0 Å². The van der Waals surface area contributed by atoms with E-state index in [9.17, 15) is 0 Å². The molecule has 1 aliphatic rings. The van der Waals surface area contributed by atoms with E-state index in [1.807, 2.05) is 44.4 Å². The first-order valence-electron chi connectivity index (χ1n) is 10.8. The molecule has 0 bridgehead atoms. The third-order valence-electron chi connectivity index (χ3n) is 5.43. The van der Waals surface area contributed by atoms with E-state index in [0.717, 1.165) is 30.1 Å². The SMILES string of the molecule is CNCCOBc1cccc2c1-c1ccc(Oc3ccccc3)c(BOCCNC)c1-2. The second-order valence-corrected chi connectivity index (χ2v) is 7.53. The molecule has 0 saturated carbocycles. The number of hydrogen-bond donors (Lipinski definition) is 2. The second kappa shape index (κ2) is 10.6. The maximum Gasteiger partial charge on any atom is 0.313 e. The van der Waals surface area contributed by atoms with Gasteiger partial charge in [-0.1, -0.05) is 42.5 Å². The molecule has 31 heavy (non-hydrogen) atoms. The summed E-state index contributed by atoms with van der Waals surface area (Å²) >= 11 is 0. The van der Waals surface area contributed by atoms with Crippen molar-refractivity contribution >= 4 is 25.9 Å². The van der Waals surface area contributed by atoms with Gasteiger partial charge in [0.2, 0.25) is 0 Å². The van der Waals surface area contributed by atoms with Gasteiger partial charge in [-0.2, -0.15) is 0 Å². The fourth-order valence-electron chi connectivity index (χ4n) is 3.89. The molecule has 3 aromatic rings. The van der Waals surface area contributed by atoms with Crippen molar-refractivity contribution in [3.8, 4) is 33.8 Å². The van der Waals surface area contributed by atoms with Gasteiger partial charge >= 0.3 is 15.0 Å². The topological polar surface area (TPSA) is 51.8 Å². The number of hydrogen-bond acceptors (Lipinski definition) is 5. The number of para-hydroxylation sites is 1. The van der Waals surface area contributed by atoms with E-state index in [-0.39, 0.29) is 0 Å². The second-order valence-electron chi connectivity index (χ2n) is 7.53. The first kappa shape index (κ1) is 21.7. The zero-order chi connectivity index (χ0) is 21.5. The molecule has 0 unspecified atom stereocenters. The predicted octanol–water partition coefficient (Wildman–Crippen LogP) is 1.55. The van der Waals surface area contributed by atoms with E-state index in [2.05, 4.69) is 41.0 Å². The third-order valence-corrected chi connectivity index (χ3v) is 5.43. The molecule has 0 aliphatic heterocycles. The van der Waals surface area contributed by atoms with Crippen molar-refractivity contribution in [3.63, 3.8) is 0 Å². The molecule has 0 fully saturated rings. The Morgan fingerprint density at radius 3 is 2.16 bits per heavy atom. The van der Waals surface area contributed by atoms with Gasteiger partial charge in [0, 0.05) is 26.3 Å². The van der Waals surface area contributed by atoms with Gasteiger partial charge in [0.25, 0.3) is 0 Å². The summed E-state index contributed by atoms with van der Waals surface area (Å²) in [6, 6.07) is 20.5. The predicted molar refractivity (Wildman–Crippen MR) is 131 cm³/mol. The average molecular weight is 414 g/mol. The summed E-state index contributed by atoms with van der Waals surface area (Å²) in [5.74, 6) is 1.67. The van der Waals surface area contributed by atoms with E-state index >= 15 is 0 Å². The smallest absolute Gasteiger partial charge is 0.313 e. The van der Waals surface area contributed by atoms with Crippen LogP contribution in [0.3, 0.4) is 0 Å². The molecule has 5 nitrogen and oxygen atoms in total. The highest BCUT2D eigenvalue weighted by Crippen LogP contribution is 2.46. The molecule has 4 rings (SSSR count). The standard InChI is InChI=1S/C24H28B2N2O3/c1-27-13-15-29-25-20-10-6-9-18-22(20)19-11-12-21(31-17-7-4-3-5-8-17)24(23(18)19)26-30-16-14-28-2/h3-12,25-28H,13-16H2,1-2H3. The van der Waals surface area contributed by atoms with Crippen molar-refractivity contribution in [3.05, 3.63) is 60.7 Å². The summed E-state index contributed by atoms with van der Waals surface area (Å²) in [7, 11) is 4.98. The molecule has 2 N–H and O–H groups in total. The zero-order valence-electron chi connectivity index (χ0n) is 18.2. The maximum absolute atomic E-state index is 6.25. The van der Waals surface area contributed by atoms with Crippen LogP contribution in [0.25, 0.3) is 22.3 Å². The van der Waals surface area contributed by atoms with Crippen LogP contribution in [-0.4, -0.2) is 55.4 Å². The van der Waals surface area contributed by atoms with Gasteiger partial charge in [-0.25, -0.2) is 0 Å². The van der Waals surface area contributed by atoms with Gasteiger partial charge in [0.1, 0.15) is 11.5 Å². The summed E-state index contributed by atoms with van der Waals surface area (Å²) in [6.07, 6.45) is 0. The quantitative estimate of drug-likeness (QED) is 0.272. The Hall–Kier alpha value is -2.57. The van der Waals surface area contributed by atoms with Crippen LogP contribution < -0.4 is 26.3 Å². The molecule has 0 saturated heterocycles. The van der Waals surface area contributed by atoms with Crippen LogP contribution in [0.1, 0.15) is 0 Å². The Kier molecular flexibility index (Phi) is 7.43. The Morgan fingerprint density at radius 2 is 1.42 bits per heavy atom. The summed E-state index contributed by atoms with van der Waals surface area (Å²) in [6.45, 7) is 3.01. The largest absolute Gasteiger partial charge is 0.458 e. The Balaban J connectivity index is 1.62. The van der Waals surface area contributed by atoms with Gasteiger partial charge in [0.05, 0.1) is 0 Å². The maximum atomic E-state index is 6.25. The van der Waals surface area contributed by atoms with Crippen molar-refractivity contribution in [2.75, 3.05) is 40.4 Å². The van der Waals surface area contributed by atoms with Crippen LogP contribution in [-0.2, 0) is 9.31 Å². The molecule has 0 amide bonds. The molecule has 0 spiro atoms. The molecule has 3 aromatic carbocycles. The minimum absolute atomic E-state index is 0.509. The first-order chi connectivity index (χ1) is 15.3. The first-order valence-corrected chi connectivity index (χ1v) is 10.8. The summed E-state index contributed by atoms with van der Waals surface area (Å²) < 4.78 is 18.1. The average Bonchev–Trinajstić information content (AvgIpc) is 2.79. The van der Waals surface area contributed by atoms with Crippen LogP contribution in [0, 0.1) is 0 Å². The Bertz CT molecular complexity index is 1020. The highest BCUT2D eigenvalue weighted by molar-refractivity contribution is 6.55. The molecule has 0 aromatic heterocycles. The summed E-state index contributed by atoms with van der Waals surface area (Å²) in [4.78, 5) is 0. The Morgan fingerprint density at radius 1 is 0.710 bits per heavy atom. The highest BCUT2D eigenvalue weighted by Gasteiger charge is 2.30. The summed E-state index contributed by atoms with van der Waals surface area (Å²) in [5, 5.41) is 6.24. The lowest BCUT2D eigenvalue weighted by Gasteiger charge is -2.30. The number of ether oxygens (including phenoxy) is 1. The molecule has 0 heterocycles. The van der Waals surface area contributed by atoms with Gasteiger partial charge in [-0.15, -0.1) is 0 Å². The van der Waals surface area contributed by atoms with Crippen molar-refractivity contribution in [2.24, 2.45) is 0 Å². The number of likely N-dealkylation sites (N-methyl/N-ethyl adjacent to an activating group) is 2. The highest BCUT2D eigenvalue weighted by atomic mass is 16.5. The minimum Gasteiger partial charge on any atom is -0.458 e. The lowest BCUT2D eigenvalue weighted by Crippen LogP contribution is -2.31. The lowest BCUT2D eigenvalue weighted by molar-refractivity contribution is 0.341. The molecular weight excluding hydrogens is 386 g/mol. The Labute approximate surface area is 185 Å². The van der Waals surface area contributed by atoms with Crippen LogP contribution in [0.5, 0.6) is 11.5 Å². The van der Waals surface area contributed by atoms with Gasteiger partial charge in [-0.05, 0) is 65.5 Å². The lowest BCUT2D eigenvalue weighted by atomic mass is 9.65. The van der Waals surface area contributed by atoms with E-state index in [4.69, 9.17) is 14.0 Å². The van der Waals surface area contributed by atoms with Crippen molar-refractivity contribution < 1.29 is 14.0 Å². The number of fused-ring (bicyclic) bond motifs is 4. The van der Waals surface area contributed by atoms with E-state index in [0.29, 0.717) is 28.2 Å². The van der Waals surface area contributed by atoms with E-state index < -0.39 is 0 Å². The summed E-state index contributed by atoms with van der Waals surface area (Å²) in [5.41, 5.74) is 7.32. The van der Waals surface area contributed by atoms with Crippen molar-refractivity contribution in [1.29, 1.82) is 0 Å². The normalized spacial score (nSPS) is 11.3. The fourth-order valence-corrected chi connectivity index (χ4v) is 3.89. The van der Waals surface area contributed by atoms with Gasteiger partial charge < -0.3 is 24.7 Å². The zero-order valence-corrected chi connectivity index (χ0v) is 18.2. The van der Waals surface area contributed by atoms with Gasteiger partial charge in [0.15, 0.2) is 0 Å². The molecule has 158 valence electrons. The van der Waals surface area contributed by atoms with Crippen molar-refractivity contribution in [1.82, 2.24) is 10.6 Å². The van der Waals surface area contributed by atoms with Crippen molar-refractivity contribution in [2.45, 2.75) is 0 Å². The number of nitrogens with one attached hydrogen (secondary N) is 2. The fraction of sp³-hybridized carbons (Fsp3) is 0.250. The number of benzene rings is 3. The number of rotatable bonds is 12. The van der Waals surface area contributed by atoms with E-state index in [1.165, 1.54) is 27.7 Å². The third kappa shape index (κ3) is 4.86. The van der Waals surface area contributed by atoms with Crippen LogP contribution in [0.15, 0.2) is 60.7 Å². The molecule has 0 atom stereocenters. The molecule has 0 radical (unpaired) electrons. The van der Waals surface area contributed by atoms with Gasteiger partial charge in [-0.3, -0.25) is 0 Å². The van der Waals surface area contributed by atoms with Crippen LogP contribution in [0.2, 0.25) is 0 Å². The van der Waals surface area contributed by atoms with Crippen LogP contribution >= 0.6 is 0 Å². The monoisotopic (exact) mass is 414 g/mol. The molecule has 7 heteroatoms.